The quantitative estimate of drug-likeness (QED) is 0.327. The number of nitrogens with one attached hydrogen (secondary N) is 3. The molecule has 1 aromatic heterocycles. The minimum Gasteiger partial charge on any atom is -0.403 e. The maximum absolute atomic E-state index is 10.9. The Kier molecular flexibility index (Phi) is 7.12. The van der Waals surface area contributed by atoms with Gasteiger partial charge < -0.3 is 20.4 Å². The van der Waals surface area contributed by atoms with Crippen LogP contribution in [0.5, 0.6) is 0 Å². The molecule has 7 nitrogen and oxygen atoms in total. The van der Waals surface area contributed by atoms with E-state index in [1.165, 1.54) is 6.92 Å². The molecule has 168 valence electrons. The van der Waals surface area contributed by atoms with Gasteiger partial charge in [0.1, 0.15) is 0 Å². The van der Waals surface area contributed by atoms with E-state index in [0.717, 1.165) is 33.5 Å². The summed E-state index contributed by atoms with van der Waals surface area (Å²) in [4.78, 5) is 10.9. The number of carbonyl (C=O) groups excluding carboxylic acids is 1. The van der Waals surface area contributed by atoms with Crippen molar-refractivity contribution in [3.63, 3.8) is 0 Å². The first-order chi connectivity index (χ1) is 16.1. The van der Waals surface area contributed by atoms with Gasteiger partial charge in [0.2, 0.25) is 11.8 Å². The zero-order valence-corrected chi connectivity index (χ0v) is 18.8. The average Bonchev–Trinajstić information content (AvgIpc) is 3.28. The van der Waals surface area contributed by atoms with Gasteiger partial charge in [-0.15, -0.1) is 5.10 Å². The van der Waals surface area contributed by atoms with E-state index in [1.807, 2.05) is 54.6 Å². The first-order valence-electron chi connectivity index (χ1n) is 10.9. The maximum atomic E-state index is 10.9. The minimum atomic E-state index is -0.0242. The second kappa shape index (κ2) is 10.6. The summed E-state index contributed by atoms with van der Waals surface area (Å²) in [5, 5.41) is 17.7. The smallest absolute Gasteiger partial charge is 0.320 e. The number of hydrogen-bond donors (Lipinski definition) is 3. The second-order valence-electron chi connectivity index (χ2n) is 7.74. The Morgan fingerprint density at radius 1 is 0.909 bits per heavy atom. The Balaban J connectivity index is 1.43. The summed E-state index contributed by atoms with van der Waals surface area (Å²) >= 11 is 0. The summed E-state index contributed by atoms with van der Waals surface area (Å²) in [5.41, 5.74) is 6.26. The second-order valence-corrected chi connectivity index (χ2v) is 7.74. The Bertz CT molecular complexity index is 1220. The third-order valence-electron chi connectivity index (χ3n) is 5.26. The third kappa shape index (κ3) is 5.84. The number of aromatic nitrogens is 2. The van der Waals surface area contributed by atoms with E-state index in [0.29, 0.717) is 31.5 Å². The van der Waals surface area contributed by atoms with Gasteiger partial charge in [-0.3, -0.25) is 4.79 Å². The standard InChI is InChI=1S/C26H27N5O2/c1-18-23(21-9-4-3-5-10-21)12-7-13-24(18)25-30-31-26(33-25)29-22-11-6-8-20(16-22)17-27-14-15-28-19(2)32/h3-13,16,27H,14-15,17H2,1-2H3,(H,28,32)(H,29,31). The summed E-state index contributed by atoms with van der Waals surface area (Å²) in [6.45, 7) is 5.57. The zero-order valence-electron chi connectivity index (χ0n) is 18.8. The molecule has 3 N–H and O–H groups in total. The third-order valence-corrected chi connectivity index (χ3v) is 5.26. The van der Waals surface area contributed by atoms with Gasteiger partial charge in [-0.1, -0.05) is 59.7 Å². The molecule has 0 aliphatic rings. The molecule has 4 aromatic rings. The molecule has 1 heterocycles. The predicted octanol–water partition coefficient (Wildman–Crippen LogP) is 4.68. The van der Waals surface area contributed by atoms with Crippen LogP contribution in [0.3, 0.4) is 0 Å². The largest absolute Gasteiger partial charge is 0.403 e. The highest BCUT2D eigenvalue weighted by molar-refractivity contribution is 5.75. The topological polar surface area (TPSA) is 92.1 Å². The monoisotopic (exact) mass is 441 g/mol. The van der Waals surface area contributed by atoms with Gasteiger partial charge in [0.25, 0.3) is 0 Å². The highest BCUT2D eigenvalue weighted by atomic mass is 16.4. The first kappa shape index (κ1) is 22.2. The molecule has 0 saturated carbocycles. The molecular weight excluding hydrogens is 414 g/mol. The summed E-state index contributed by atoms with van der Waals surface area (Å²) in [6.07, 6.45) is 0. The molecule has 0 saturated heterocycles. The fraction of sp³-hybridized carbons (Fsp3) is 0.192. The first-order valence-corrected chi connectivity index (χ1v) is 10.9. The number of nitrogens with zero attached hydrogens (tertiary/aromatic N) is 2. The van der Waals surface area contributed by atoms with Crippen LogP contribution in [0.2, 0.25) is 0 Å². The zero-order chi connectivity index (χ0) is 23.0. The lowest BCUT2D eigenvalue weighted by Gasteiger charge is -2.09. The Morgan fingerprint density at radius 2 is 1.70 bits per heavy atom. The molecule has 0 unspecified atom stereocenters. The van der Waals surface area contributed by atoms with E-state index >= 15 is 0 Å². The molecule has 1 amide bonds. The summed E-state index contributed by atoms with van der Waals surface area (Å²) < 4.78 is 5.93. The molecule has 7 heteroatoms. The van der Waals surface area contributed by atoms with Gasteiger partial charge in [-0.2, -0.15) is 0 Å². The van der Waals surface area contributed by atoms with Crippen molar-refractivity contribution >= 4 is 17.6 Å². The van der Waals surface area contributed by atoms with Crippen molar-refractivity contribution in [2.45, 2.75) is 20.4 Å². The van der Waals surface area contributed by atoms with E-state index < -0.39 is 0 Å². The predicted molar refractivity (Wildman–Crippen MR) is 130 cm³/mol. The molecule has 0 aliphatic heterocycles. The van der Waals surface area contributed by atoms with Gasteiger partial charge in [0.15, 0.2) is 0 Å². The SMILES string of the molecule is CC(=O)NCCNCc1cccc(Nc2nnc(-c3cccc(-c4ccccc4)c3C)o2)c1. The van der Waals surface area contributed by atoms with Crippen molar-refractivity contribution in [2.75, 3.05) is 18.4 Å². The van der Waals surface area contributed by atoms with Crippen molar-refractivity contribution in [3.8, 4) is 22.6 Å². The van der Waals surface area contributed by atoms with Crippen LogP contribution in [0, 0.1) is 6.92 Å². The van der Waals surface area contributed by atoms with Crippen molar-refractivity contribution in [3.05, 3.63) is 83.9 Å². The molecule has 33 heavy (non-hydrogen) atoms. The van der Waals surface area contributed by atoms with Crippen molar-refractivity contribution < 1.29 is 9.21 Å². The van der Waals surface area contributed by atoms with Crippen LogP contribution in [-0.4, -0.2) is 29.2 Å². The molecule has 0 spiro atoms. The normalized spacial score (nSPS) is 10.7. The van der Waals surface area contributed by atoms with Crippen LogP contribution in [0.4, 0.5) is 11.7 Å². The van der Waals surface area contributed by atoms with E-state index in [9.17, 15) is 4.79 Å². The van der Waals surface area contributed by atoms with Crippen LogP contribution < -0.4 is 16.0 Å². The van der Waals surface area contributed by atoms with Crippen LogP contribution in [0.15, 0.2) is 77.2 Å². The number of benzene rings is 3. The highest BCUT2D eigenvalue weighted by Gasteiger charge is 2.14. The van der Waals surface area contributed by atoms with Crippen LogP contribution in [0.25, 0.3) is 22.6 Å². The lowest BCUT2D eigenvalue weighted by molar-refractivity contribution is -0.118. The van der Waals surface area contributed by atoms with Gasteiger partial charge in [0, 0.05) is 37.8 Å². The highest BCUT2D eigenvalue weighted by Crippen LogP contribution is 2.32. The minimum absolute atomic E-state index is 0.0242. The summed E-state index contributed by atoms with van der Waals surface area (Å²) in [5.74, 6) is 0.451. The van der Waals surface area contributed by atoms with Crippen molar-refractivity contribution in [1.29, 1.82) is 0 Å². The number of rotatable bonds is 9. The van der Waals surface area contributed by atoms with E-state index in [-0.39, 0.29) is 5.91 Å². The average molecular weight is 442 g/mol. The lowest BCUT2D eigenvalue weighted by Crippen LogP contribution is -2.29. The van der Waals surface area contributed by atoms with Gasteiger partial charge in [0.05, 0.1) is 0 Å². The van der Waals surface area contributed by atoms with E-state index in [4.69, 9.17) is 4.42 Å². The Hall–Kier alpha value is -3.97. The van der Waals surface area contributed by atoms with Crippen molar-refractivity contribution in [2.24, 2.45) is 0 Å². The van der Waals surface area contributed by atoms with Gasteiger partial charge in [-0.25, -0.2) is 0 Å². The Morgan fingerprint density at radius 3 is 2.52 bits per heavy atom. The van der Waals surface area contributed by atoms with Crippen LogP contribution in [0.1, 0.15) is 18.1 Å². The molecule has 0 radical (unpaired) electrons. The summed E-state index contributed by atoms with van der Waals surface area (Å²) in [7, 11) is 0. The number of carbonyl (C=O) groups is 1. The molecular formula is C26H27N5O2. The molecule has 0 atom stereocenters. The maximum Gasteiger partial charge on any atom is 0.320 e. The van der Waals surface area contributed by atoms with Gasteiger partial charge in [-0.05, 0) is 47.4 Å². The fourth-order valence-corrected chi connectivity index (χ4v) is 3.62. The Labute approximate surface area is 193 Å². The van der Waals surface area contributed by atoms with Gasteiger partial charge >= 0.3 is 6.01 Å². The van der Waals surface area contributed by atoms with E-state index in [2.05, 4.69) is 51.3 Å². The number of anilines is 2. The van der Waals surface area contributed by atoms with Crippen molar-refractivity contribution in [1.82, 2.24) is 20.8 Å². The molecule has 3 aromatic carbocycles. The number of amides is 1. The fourth-order valence-electron chi connectivity index (χ4n) is 3.62. The molecule has 0 bridgehead atoms. The molecule has 4 rings (SSSR count). The molecule has 0 aliphatic carbocycles. The molecule has 0 fully saturated rings. The number of hydrogen-bond acceptors (Lipinski definition) is 6. The van der Waals surface area contributed by atoms with Crippen LogP contribution >= 0.6 is 0 Å². The lowest BCUT2D eigenvalue weighted by atomic mass is 9.96. The summed E-state index contributed by atoms with van der Waals surface area (Å²) in [6, 6.07) is 24.7. The van der Waals surface area contributed by atoms with Crippen LogP contribution in [-0.2, 0) is 11.3 Å². The van der Waals surface area contributed by atoms with E-state index in [1.54, 1.807) is 0 Å².